The second-order valence-electron chi connectivity index (χ2n) is 7.93. The van der Waals surface area contributed by atoms with Crippen molar-refractivity contribution in [3.8, 4) is 0 Å². The Morgan fingerprint density at radius 3 is 2.75 bits per heavy atom. The maximum atomic E-state index is 4.10. The molecular formula is C23H27N5. The summed E-state index contributed by atoms with van der Waals surface area (Å²) in [5.41, 5.74) is 4.93. The number of aromatic amines is 2. The number of anilines is 1. The van der Waals surface area contributed by atoms with Crippen LogP contribution in [0.5, 0.6) is 0 Å². The van der Waals surface area contributed by atoms with Crippen molar-refractivity contribution in [2.75, 3.05) is 11.9 Å². The number of nitrogens with one attached hydrogen (secondary N) is 4. The molecule has 1 aliphatic rings. The Balaban J connectivity index is 1.09. The number of rotatable bonds is 6. The van der Waals surface area contributed by atoms with Crippen LogP contribution in [0.15, 0.2) is 54.9 Å². The first-order chi connectivity index (χ1) is 13.8. The van der Waals surface area contributed by atoms with Gasteiger partial charge in [0.05, 0.1) is 11.7 Å². The zero-order valence-electron chi connectivity index (χ0n) is 16.0. The number of aromatic nitrogens is 3. The molecule has 1 aliphatic carbocycles. The van der Waals surface area contributed by atoms with Gasteiger partial charge in [-0.2, -0.15) is 5.10 Å². The first-order valence-corrected chi connectivity index (χ1v) is 10.3. The molecule has 144 valence electrons. The Hall–Kier alpha value is -2.79. The lowest BCUT2D eigenvalue weighted by Gasteiger charge is -2.30. The molecule has 0 radical (unpaired) electrons. The molecule has 2 heterocycles. The summed E-state index contributed by atoms with van der Waals surface area (Å²) in [5.74, 6) is 0. The monoisotopic (exact) mass is 373 g/mol. The third-order valence-electron chi connectivity index (χ3n) is 6.04. The molecule has 4 aromatic rings. The molecule has 1 saturated carbocycles. The minimum absolute atomic E-state index is 0.566. The molecule has 5 heteroatoms. The van der Waals surface area contributed by atoms with Crippen LogP contribution in [-0.4, -0.2) is 33.8 Å². The van der Waals surface area contributed by atoms with E-state index in [2.05, 4.69) is 74.5 Å². The van der Waals surface area contributed by atoms with Crippen molar-refractivity contribution in [1.82, 2.24) is 20.5 Å². The number of H-pyrrole nitrogens is 2. The summed E-state index contributed by atoms with van der Waals surface area (Å²) >= 11 is 0. The number of nitrogens with zero attached hydrogens (tertiary/aromatic N) is 1. The van der Waals surface area contributed by atoms with Crippen LogP contribution in [0.1, 0.15) is 31.2 Å². The standard InChI is InChI=1S/C23H27N5/c1-2-4-23-21(3-1)16(14-25-23)11-12-24-18-5-7-19(8-6-18)27-20-9-10-22-17(13-20)15-26-28-22/h1-4,9-10,13-15,18-19,24-25,27H,5-8,11-12H2,(H,26,28)/t18-,19+. The van der Waals surface area contributed by atoms with Crippen molar-refractivity contribution >= 4 is 27.5 Å². The maximum Gasteiger partial charge on any atom is 0.0651 e. The van der Waals surface area contributed by atoms with Crippen LogP contribution in [-0.2, 0) is 6.42 Å². The molecule has 0 aliphatic heterocycles. The topological polar surface area (TPSA) is 68.5 Å². The fourth-order valence-corrected chi connectivity index (χ4v) is 4.46. The fraction of sp³-hybridized carbons (Fsp3) is 0.348. The molecule has 4 N–H and O–H groups in total. The Bertz CT molecular complexity index is 1050. The number of fused-ring (bicyclic) bond motifs is 2. The van der Waals surface area contributed by atoms with E-state index in [0.717, 1.165) is 23.9 Å². The van der Waals surface area contributed by atoms with Crippen LogP contribution in [0.4, 0.5) is 5.69 Å². The van der Waals surface area contributed by atoms with Crippen LogP contribution in [0, 0.1) is 0 Å². The lowest BCUT2D eigenvalue weighted by Crippen LogP contribution is -2.37. The van der Waals surface area contributed by atoms with Gasteiger partial charge in [-0.05, 0) is 68.5 Å². The minimum Gasteiger partial charge on any atom is -0.382 e. The minimum atomic E-state index is 0.566. The highest BCUT2D eigenvalue weighted by Gasteiger charge is 2.20. The third kappa shape index (κ3) is 3.62. The van der Waals surface area contributed by atoms with Gasteiger partial charge in [0.25, 0.3) is 0 Å². The second-order valence-corrected chi connectivity index (χ2v) is 7.93. The van der Waals surface area contributed by atoms with E-state index in [1.54, 1.807) is 0 Å². The highest BCUT2D eigenvalue weighted by molar-refractivity contribution is 5.83. The van der Waals surface area contributed by atoms with E-state index < -0.39 is 0 Å². The Morgan fingerprint density at radius 2 is 1.82 bits per heavy atom. The van der Waals surface area contributed by atoms with Gasteiger partial charge in [-0.25, -0.2) is 0 Å². The SMILES string of the molecule is c1ccc2c(CCN[C@H]3CC[C@@H](Nc4ccc5[nH]ncc5c4)CC3)c[nH]c2c1. The summed E-state index contributed by atoms with van der Waals surface area (Å²) in [4.78, 5) is 3.37. The summed E-state index contributed by atoms with van der Waals surface area (Å²) in [6.07, 6.45) is 10.0. The molecule has 2 aromatic carbocycles. The highest BCUT2D eigenvalue weighted by atomic mass is 15.1. The van der Waals surface area contributed by atoms with Gasteiger partial charge in [-0.15, -0.1) is 0 Å². The lowest BCUT2D eigenvalue weighted by molar-refractivity contribution is 0.356. The Morgan fingerprint density at radius 1 is 0.964 bits per heavy atom. The molecule has 28 heavy (non-hydrogen) atoms. The van der Waals surface area contributed by atoms with Gasteiger partial charge in [-0.3, -0.25) is 5.10 Å². The van der Waals surface area contributed by atoms with Crippen molar-refractivity contribution in [3.63, 3.8) is 0 Å². The van der Waals surface area contributed by atoms with Gasteiger partial charge >= 0.3 is 0 Å². The molecule has 0 atom stereocenters. The molecule has 0 unspecified atom stereocenters. The zero-order chi connectivity index (χ0) is 18.8. The lowest BCUT2D eigenvalue weighted by atomic mass is 9.91. The highest BCUT2D eigenvalue weighted by Crippen LogP contribution is 2.24. The molecule has 0 spiro atoms. The van der Waals surface area contributed by atoms with Crippen molar-refractivity contribution < 1.29 is 0 Å². The third-order valence-corrected chi connectivity index (χ3v) is 6.04. The number of benzene rings is 2. The quantitative estimate of drug-likeness (QED) is 0.399. The summed E-state index contributed by atoms with van der Waals surface area (Å²) in [7, 11) is 0. The van der Waals surface area contributed by atoms with Crippen LogP contribution in [0.25, 0.3) is 21.8 Å². The van der Waals surface area contributed by atoms with Gasteiger partial charge in [0, 0.05) is 40.3 Å². The number of para-hydroxylation sites is 1. The average Bonchev–Trinajstić information content (AvgIpc) is 3.36. The van der Waals surface area contributed by atoms with E-state index in [0.29, 0.717) is 12.1 Å². The summed E-state index contributed by atoms with van der Waals surface area (Å²) < 4.78 is 0. The molecule has 5 nitrogen and oxygen atoms in total. The van der Waals surface area contributed by atoms with Gasteiger partial charge in [0.1, 0.15) is 0 Å². The van der Waals surface area contributed by atoms with Crippen molar-refractivity contribution in [1.29, 1.82) is 0 Å². The second kappa shape index (κ2) is 7.68. The average molecular weight is 374 g/mol. The summed E-state index contributed by atoms with van der Waals surface area (Å²) in [6, 6.07) is 16.2. The Kier molecular flexibility index (Phi) is 4.75. The van der Waals surface area contributed by atoms with E-state index in [9.17, 15) is 0 Å². The zero-order valence-corrected chi connectivity index (χ0v) is 16.0. The molecule has 0 saturated heterocycles. The van der Waals surface area contributed by atoms with Gasteiger partial charge in [-0.1, -0.05) is 18.2 Å². The van der Waals surface area contributed by atoms with Crippen LogP contribution in [0.2, 0.25) is 0 Å². The number of hydrogen-bond donors (Lipinski definition) is 4. The van der Waals surface area contributed by atoms with Crippen molar-refractivity contribution in [2.45, 2.75) is 44.2 Å². The summed E-state index contributed by atoms with van der Waals surface area (Å²) in [6.45, 7) is 1.04. The van der Waals surface area contributed by atoms with E-state index >= 15 is 0 Å². The first kappa shape index (κ1) is 17.3. The molecule has 0 bridgehead atoms. The van der Waals surface area contributed by atoms with Crippen LogP contribution >= 0.6 is 0 Å². The fourth-order valence-electron chi connectivity index (χ4n) is 4.46. The first-order valence-electron chi connectivity index (χ1n) is 10.3. The summed E-state index contributed by atoms with van der Waals surface area (Å²) in [5, 5.41) is 17.1. The van der Waals surface area contributed by atoms with Gasteiger partial charge in [0.2, 0.25) is 0 Å². The van der Waals surface area contributed by atoms with E-state index in [1.165, 1.54) is 47.8 Å². The van der Waals surface area contributed by atoms with E-state index in [4.69, 9.17) is 0 Å². The molecule has 1 fully saturated rings. The predicted octanol–water partition coefficient (Wildman–Crippen LogP) is 4.60. The van der Waals surface area contributed by atoms with E-state index in [-0.39, 0.29) is 0 Å². The van der Waals surface area contributed by atoms with Crippen LogP contribution in [0.3, 0.4) is 0 Å². The predicted molar refractivity (Wildman–Crippen MR) is 116 cm³/mol. The Labute approximate surface area is 164 Å². The molecule has 5 rings (SSSR count). The maximum absolute atomic E-state index is 4.10. The van der Waals surface area contributed by atoms with Crippen molar-refractivity contribution in [2.24, 2.45) is 0 Å². The van der Waals surface area contributed by atoms with Gasteiger partial charge < -0.3 is 15.6 Å². The molecule has 2 aromatic heterocycles. The molecular weight excluding hydrogens is 346 g/mol. The number of hydrogen-bond acceptors (Lipinski definition) is 3. The smallest absolute Gasteiger partial charge is 0.0651 e. The molecule has 0 amide bonds. The van der Waals surface area contributed by atoms with Gasteiger partial charge in [0.15, 0.2) is 0 Å². The van der Waals surface area contributed by atoms with Crippen molar-refractivity contribution in [3.05, 3.63) is 60.4 Å². The van der Waals surface area contributed by atoms with E-state index in [1.807, 2.05) is 6.20 Å². The van der Waals surface area contributed by atoms with Crippen LogP contribution < -0.4 is 10.6 Å². The largest absolute Gasteiger partial charge is 0.382 e. The normalized spacial score (nSPS) is 20.0.